The van der Waals surface area contributed by atoms with Gasteiger partial charge in [0.2, 0.25) is 0 Å². The topological polar surface area (TPSA) is 84.7 Å². The van der Waals surface area contributed by atoms with E-state index in [4.69, 9.17) is 4.74 Å². The Labute approximate surface area is 110 Å². The van der Waals surface area contributed by atoms with E-state index in [1.807, 2.05) is 12.1 Å². The summed E-state index contributed by atoms with van der Waals surface area (Å²) in [4.78, 5) is 23.2. The van der Waals surface area contributed by atoms with Crippen LogP contribution in [0.3, 0.4) is 0 Å². The van der Waals surface area contributed by atoms with E-state index in [-0.39, 0.29) is 0 Å². The van der Waals surface area contributed by atoms with Crippen LogP contribution in [0.1, 0.15) is 0 Å². The first-order chi connectivity index (χ1) is 9.16. The minimum atomic E-state index is -0.725. The summed E-state index contributed by atoms with van der Waals surface area (Å²) in [5, 5.41) is 12.9. The highest BCUT2D eigenvalue weighted by atomic mass is 16.6. The monoisotopic (exact) mass is 265 g/mol. The molecule has 1 N–H and O–H groups in total. The number of ether oxygens (including phenoxy) is 1. The Morgan fingerprint density at radius 1 is 1.37 bits per heavy atom. The van der Waals surface area contributed by atoms with Gasteiger partial charge in [-0.3, -0.25) is 14.9 Å². The molecule has 0 radical (unpaired) electrons. The fourth-order valence-electron chi connectivity index (χ4n) is 1.97. The minimum absolute atomic E-state index is 0.594. The average molecular weight is 265 g/mol. The van der Waals surface area contributed by atoms with Crippen LogP contribution in [-0.2, 0) is 9.53 Å². The molecule has 0 aliphatic carbocycles. The third kappa shape index (κ3) is 3.65. The summed E-state index contributed by atoms with van der Waals surface area (Å²) in [5.41, 5.74) is 1.46. The molecule has 2 rings (SSSR count). The van der Waals surface area contributed by atoms with Crippen LogP contribution in [0.5, 0.6) is 0 Å². The summed E-state index contributed by atoms with van der Waals surface area (Å²) in [6, 6.07) is 7.27. The molecule has 0 unspecified atom stereocenters. The van der Waals surface area contributed by atoms with Crippen LogP contribution in [0.15, 0.2) is 24.3 Å². The molecule has 1 aromatic carbocycles. The lowest BCUT2D eigenvalue weighted by molar-refractivity contribution is -0.467. The molecule has 7 nitrogen and oxygen atoms in total. The fraction of sp³-hybridized carbons (Fsp3) is 0.417. The fourth-order valence-corrected chi connectivity index (χ4v) is 1.97. The van der Waals surface area contributed by atoms with Gasteiger partial charge in [-0.05, 0) is 12.1 Å². The Morgan fingerprint density at radius 2 is 2.05 bits per heavy atom. The normalized spacial score (nSPS) is 15.1. The van der Waals surface area contributed by atoms with Gasteiger partial charge in [0.15, 0.2) is 0 Å². The maximum absolute atomic E-state index is 11.5. The zero-order valence-electron chi connectivity index (χ0n) is 10.4. The predicted octanol–water partition coefficient (Wildman–Crippen LogP) is 0.738. The van der Waals surface area contributed by atoms with Gasteiger partial charge in [0.25, 0.3) is 12.5 Å². The molecule has 1 saturated heterocycles. The summed E-state index contributed by atoms with van der Waals surface area (Å²) in [6.45, 7) is 2.02. The van der Waals surface area contributed by atoms with Crippen LogP contribution in [0.25, 0.3) is 0 Å². The van der Waals surface area contributed by atoms with Crippen molar-refractivity contribution in [2.45, 2.75) is 0 Å². The first-order valence-electron chi connectivity index (χ1n) is 6.00. The quantitative estimate of drug-likeness (QED) is 0.641. The Balaban J connectivity index is 2.11. The number of amides is 1. The first-order valence-corrected chi connectivity index (χ1v) is 6.00. The van der Waals surface area contributed by atoms with Crippen LogP contribution in [0.2, 0.25) is 0 Å². The molecule has 0 saturated carbocycles. The number of anilines is 2. The van der Waals surface area contributed by atoms with E-state index in [0.29, 0.717) is 18.9 Å². The lowest BCUT2D eigenvalue weighted by Gasteiger charge is -2.30. The van der Waals surface area contributed by atoms with Crippen LogP contribution in [0, 0.1) is 10.1 Å². The Hall–Kier alpha value is -2.15. The van der Waals surface area contributed by atoms with Gasteiger partial charge in [0.1, 0.15) is 0 Å². The average Bonchev–Trinajstić information content (AvgIpc) is 2.39. The zero-order chi connectivity index (χ0) is 13.7. The summed E-state index contributed by atoms with van der Waals surface area (Å²) < 4.78 is 5.28. The van der Waals surface area contributed by atoms with E-state index in [1.54, 1.807) is 12.1 Å². The number of para-hydroxylation sites is 2. The number of morpholine rings is 1. The van der Waals surface area contributed by atoms with E-state index < -0.39 is 17.4 Å². The molecule has 0 aromatic heterocycles. The predicted molar refractivity (Wildman–Crippen MR) is 70.0 cm³/mol. The SMILES string of the molecule is O=C(C[N+](=O)[O-])Nc1ccccc1N1CCOCC1. The second-order valence-corrected chi connectivity index (χ2v) is 4.16. The van der Waals surface area contributed by atoms with Crippen molar-refractivity contribution in [2.24, 2.45) is 0 Å². The Bertz CT molecular complexity index is 472. The number of benzene rings is 1. The molecular formula is C12H15N3O4. The van der Waals surface area contributed by atoms with Gasteiger partial charge in [-0.15, -0.1) is 0 Å². The van der Waals surface area contributed by atoms with Crippen molar-refractivity contribution in [1.29, 1.82) is 0 Å². The molecule has 1 heterocycles. The smallest absolute Gasteiger partial charge is 0.296 e. The van der Waals surface area contributed by atoms with Crippen LogP contribution in [-0.4, -0.2) is 43.7 Å². The number of nitro groups is 1. The lowest BCUT2D eigenvalue weighted by Crippen LogP contribution is -2.37. The summed E-state index contributed by atoms with van der Waals surface area (Å²) >= 11 is 0. The highest BCUT2D eigenvalue weighted by molar-refractivity contribution is 5.95. The third-order valence-electron chi connectivity index (χ3n) is 2.80. The Morgan fingerprint density at radius 3 is 2.74 bits per heavy atom. The van der Waals surface area contributed by atoms with Crippen molar-refractivity contribution < 1.29 is 14.5 Å². The molecule has 19 heavy (non-hydrogen) atoms. The van der Waals surface area contributed by atoms with Crippen molar-refractivity contribution >= 4 is 17.3 Å². The summed E-state index contributed by atoms with van der Waals surface area (Å²) in [7, 11) is 0. The van der Waals surface area contributed by atoms with Gasteiger partial charge in [0.05, 0.1) is 24.6 Å². The molecule has 102 valence electrons. The molecule has 7 heteroatoms. The lowest BCUT2D eigenvalue weighted by atomic mass is 10.2. The highest BCUT2D eigenvalue weighted by Gasteiger charge is 2.17. The molecule has 1 fully saturated rings. The molecule has 0 spiro atoms. The second-order valence-electron chi connectivity index (χ2n) is 4.16. The van der Waals surface area contributed by atoms with Gasteiger partial charge < -0.3 is 15.0 Å². The third-order valence-corrected chi connectivity index (χ3v) is 2.80. The number of nitrogens with zero attached hydrogens (tertiary/aromatic N) is 2. The molecule has 1 aromatic rings. The summed E-state index contributed by atoms with van der Waals surface area (Å²) in [5.74, 6) is -0.620. The van der Waals surface area contributed by atoms with Gasteiger partial charge in [-0.2, -0.15) is 0 Å². The number of rotatable bonds is 4. The number of hydrogen-bond acceptors (Lipinski definition) is 5. The number of carbonyl (C=O) groups excluding carboxylic acids is 1. The van der Waals surface area contributed by atoms with Gasteiger partial charge in [0, 0.05) is 18.0 Å². The van der Waals surface area contributed by atoms with Crippen LogP contribution >= 0.6 is 0 Å². The van der Waals surface area contributed by atoms with E-state index in [0.717, 1.165) is 18.8 Å². The van der Waals surface area contributed by atoms with E-state index in [9.17, 15) is 14.9 Å². The largest absolute Gasteiger partial charge is 0.378 e. The van der Waals surface area contributed by atoms with Crippen molar-refractivity contribution in [3.8, 4) is 0 Å². The highest BCUT2D eigenvalue weighted by Crippen LogP contribution is 2.26. The number of hydrogen-bond donors (Lipinski definition) is 1. The van der Waals surface area contributed by atoms with Crippen molar-refractivity contribution in [1.82, 2.24) is 0 Å². The van der Waals surface area contributed by atoms with Gasteiger partial charge in [-0.1, -0.05) is 12.1 Å². The minimum Gasteiger partial charge on any atom is -0.378 e. The number of nitrogens with one attached hydrogen (secondary N) is 1. The second kappa shape index (κ2) is 6.14. The van der Waals surface area contributed by atoms with Crippen LogP contribution < -0.4 is 10.2 Å². The van der Waals surface area contributed by atoms with Crippen molar-refractivity contribution in [3.63, 3.8) is 0 Å². The van der Waals surface area contributed by atoms with Gasteiger partial charge in [-0.25, -0.2) is 0 Å². The molecule has 1 aliphatic rings. The van der Waals surface area contributed by atoms with Crippen molar-refractivity contribution in [3.05, 3.63) is 34.4 Å². The van der Waals surface area contributed by atoms with E-state index in [1.165, 1.54) is 0 Å². The first kappa shape index (κ1) is 13.3. The maximum Gasteiger partial charge on any atom is 0.296 e. The molecular weight excluding hydrogens is 250 g/mol. The maximum atomic E-state index is 11.5. The van der Waals surface area contributed by atoms with E-state index >= 15 is 0 Å². The zero-order valence-corrected chi connectivity index (χ0v) is 10.4. The number of carbonyl (C=O) groups is 1. The van der Waals surface area contributed by atoms with Crippen LogP contribution in [0.4, 0.5) is 11.4 Å². The van der Waals surface area contributed by atoms with E-state index in [2.05, 4.69) is 10.2 Å². The molecule has 1 amide bonds. The molecule has 0 bridgehead atoms. The van der Waals surface area contributed by atoms with Gasteiger partial charge >= 0.3 is 0 Å². The summed E-state index contributed by atoms with van der Waals surface area (Å²) in [6.07, 6.45) is 0. The standard InChI is InChI=1S/C12H15N3O4/c16-12(9-15(17)18)13-10-3-1-2-4-11(10)14-5-7-19-8-6-14/h1-4H,5-9H2,(H,13,16). The Kier molecular flexibility index (Phi) is 4.30. The van der Waals surface area contributed by atoms with Crippen molar-refractivity contribution in [2.75, 3.05) is 43.1 Å². The molecule has 1 aliphatic heterocycles. The molecule has 0 atom stereocenters.